The van der Waals surface area contributed by atoms with E-state index < -0.39 is 0 Å². The van der Waals surface area contributed by atoms with E-state index in [1.165, 1.54) is 18.3 Å². The van der Waals surface area contributed by atoms with Gasteiger partial charge in [0.2, 0.25) is 5.91 Å². The molecule has 0 bridgehead atoms. The van der Waals surface area contributed by atoms with Gasteiger partial charge in [0.15, 0.2) is 5.13 Å². The zero-order chi connectivity index (χ0) is 18.7. The number of hydrogen-bond acceptors (Lipinski definition) is 5. The molecule has 1 aromatic heterocycles. The third-order valence-electron chi connectivity index (χ3n) is 3.65. The topological polar surface area (TPSA) is 80.3 Å². The number of fused-ring (bicyclic) bond motifs is 1. The molecule has 3 aromatic rings. The molecule has 134 valence electrons. The summed E-state index contributed by atoms with van der Waals surface area (Å²) in [5.41, 5.74) is 2.98. The molecule has 2 amide bonds. The molecule has 7 heteroatoms. The van der Waals surface area contributed by atoms with Gasteiger partial charge in [0.05, 0.1) is 16.8 Å². The number of anilines is 2. The average molecular weight is 369 g/mol. The SMILES string of the molecule is CCOc1ccc(C(=O)Nc2cc(C)c3nc(NC(C)=O)sc3c2)cc1. The standard InChI is InChI=1S/C19H19N3O3S/c1-4-25-15-7-5-13(6-8-15)18(24)21-14-9-11(2)17-16(10-14)26-19(22-17)20-12(3)23/h5-10H,4H2,1-3H3,(H,21,24)(H,20,22,23). The minimum absolute atomic E-state index is 0.161. The number of aryl methyl sites for hydroxylation is 1. The Morgan fingerprint density at radius 2 is 1.88 bits per heavy atom. The van der Waals surface area contributed by atoms with Crippen LogP contribution >= 0.6 is 11.3 Å². The molecule has 0 radical (unpaired) electrons. The van der Waals surface area contributed by atoms with Crippen molar-refractivity contribution < 1.29 is 14.3 Å². The summed E-state index contributed by atoms with van der Waals surface area (Å²) in [4.78, 5) is 28.1. The molecule has 6 nitrogen and oxygen atoms in total. The van der Waals surface area contributed by atoms with E-state index in [4.69, 9.17) is 4.74 Å². The normalized spacial score (nSPS) is 10.6. The lowest BCUT2D eigenvalue weighted by Gasteiger charge is -2.08. The molecule has 1 heterocycles. The summed E-state index contributed by atoms with van der Waals surface area (Å²) in [6.45, 7) is 5.86. The molecular weight excluding hydrogens is 350 g/mol. The van der Waals surface area contributed by atoms with Crippen LogP contribution in [0.2, 0.25) is 0 Å². The highest BCUT2D eigenvalue weighted by Gasteiger charge is 2.12. The average Bonchev–Trinajstić information content (AvgIpc) is 2.98. The number of nitrogens with one attached hydrogen (secondary N) is 2. The van der Waals surface area contributed by atoms with Crippen molar-refractivity contribution in [3.8, 4) is 5.75 Å². The smallest absolute Gasteiger partial charge is 0.255 e. The maximum atomic E-state index is 12.5. The van der Waals surface area contributed by atoms with E-state index in [1.807, 2.05) is 26.0 Å². The summed E-state index contributed by atoms with van der Waals surface area (Å²) in [6.07, 6.45) is 0. The molecule has 0 unspecified atom stereocenters. The lowest BCUT2D eigenvalue weighted by atomic mass is 10.1. The summed E-state index contributed by atoms with van der Waals surface area (Å²) in [5, 5.41) is 6.14. The Morgan fingerprint density at radius 1 is 1.15 bits per heavy atom. The molecule has 0 atom stereocenters. The first kappa shape index (κ1) is 17.9. The number of thiazole rings is 1. The first-order chi connectivity index (χ1) is 12.5. The maximum absolute atomic E-state index is 12.5. The van der Waals surface area contributed by atoms with Gasteiger partial charge in [-0.15, -0.1) is 0 Å². The van der Waals surface area contributed by atoms with Gasteiger partial charge in [0, 0.05) is 18.2 Å². The number of carbonyl (C=O) groups is 2. The predicted octanol–water partition coefficient (Wildman–Crippen LogP) is 4.21. The van der Waals surface area contributed by atoms with Crippen molar-refractivity contribution in [2.75, 3.05) is 17.2 Å². The molecule has 2 aromatic carbocycles. The molecule has 2 N–H and O–H groups in total. The van der Waals surface area contributed by atoms with E-state index in [-0.39, 0.29) is 11.8 Å². The molecular formula is C19H19N3O3S. The number of rotatable bonds is 5. The molecule has 3 rings (SSSR count). The van der Waals surface area contributed by atoms with Crippen molar-refractivity contribution in [3.05, 3.63) is 47.5 Å². The van der Waals surface area contributed by atoms with Gasteiger partial charge in [-0.1, -0.05) is 11.3 Å². The first-order valence-corrected chi connectivity index (χ1v) is 9.01. The van der Waals surface area contributed by atoms with Crippen LogP contribution in [0.15, 0.2) is 36.4 Å². The van der Waals surface area contributed by atoms with Gasteiger partial charge in [-0.25, -0.2) is 4.98 Å². The Bertz CT molecular complexity index is 964. The molecule has 0 spiro atoms. The number of amides is 2. The summed E-state index contributed by atoms with van der Waals surface area (Å²) in [6, 6.07) is 10.7. The largest absolute Gasteiger partial charge is 0.494 e. The number of aromatic nitrogens is 1. The third kappa shape index (κ3) is 4.00. The fourth-order valence-corrected chi connectivity index (χ4v) is 3.57. The van der Waals surface area contributed by atoms with E-state index in [2.05, 4.69) is 15.6 Å². The minimum Gasteiger partial charge on any atom is -0.494 e. The fraction of sp³-hybridized carbons (Fsp3) is 0.211. The first-order valence-electron chi connectivity index (χ1n) is 8.19. The molecule has 0 fully saturated rings. The quantitative estimate of drug-likeness (QED) is 0.706. The Hall–Kier alpha value is -2.93. The Labute approximate surface area is 155 Å². The van der Waals surface area contributed by atoms with Crippen molar-refractivity contribution in [1.29, 1.82) is 0 Å². The third-order valence-corrected chi connectivity index (χ3v) is 4.57. The number of nitrogens with zero attached hydrogens (tertiary/aromatic N) is 1. The molecule has 0 saturated heterocycles. The Morgan fingerprint density at radius 3 is 2.54 bits per heavy atom. The van der Waals surface area contributed by atoms with Crippen LogP contribution < -0.4 is 15.4 Å². The van der Waals surface area contributed by atoms with Crippen molar-refractivity contribution in [2.24, 2.45) is 0 Å². The van der Waals surface area contributed by atoms with Gasteiger partial charge in [0.1, 0.15) is 5.75 Å². The van der Waals surface area contributed by atoms with Crippen LogP contribution in [0, 0.1) is 6.92 Å². The van der Waals surface area contributed by atoms with Gasteiger partial charge in [0.25, 0.3) is 5.91 Å². The monoisotopic (exact) mass is 369 g/mol. The van der Waals surface area contributed by atoms with Crippen LogP contribution in [0.25, 0.3) is 10.2 Å². The summed E-state index contributed by atoms with van der Waals surface area (Å²) < 4.78 is 6.28. The maximum Gasteiger partial charge on any atom is 0.255 e. The van der Waals surface area contributed by atoms with Crippen LogP contribution in [0.5, 0.6) is 5.75 Å². The van der Waals surface area contributed by atoms with Crippen molar-refractivity contribution in [3.63, 3.8) is 0 Å². The highest BCUT2D eigenvalue weighted by Crippen LogP contribution is 2.31. The molecule has 26 heavy (non-hydrogen) atoms. The fourth-order valence-electron chi connectivity index (χ4n) is 2.55. The highest BCUT2D eigenvalue weighted by molar-refractivity contribution is 7.22. The second-order valence-electron chi connectivity index (χ2n) is 5.75. The van der Waals surface area contributed by atoms with E-state index in [1.54, 1.807) is 24.3 Å². The zero-order valence-electron chi connectivity index (χ0n) is 14.8. The van der Waals surface area contributed by atoms with Crippen molar-refractivity contribution in [2.45, 2.75) is 20.8 Å². The van der Waals surface area contributed by atoms with E-state index >= 15 is 0 Å². The lowest BCUT2D eigenvalue weighted by Crippen LogP contribution is -2.11. The van der Waals surface area contributed by atoms with Gasteiger partial charge >= 0.3 is 0 Å². The minimum atomic E-state index is -0.196. The van der Waals surface area contributed by atoms with Crippen LogP contribution in [-0.4, -0.2) is 23.4 Å². The second kappa shape index (κ2) is 7.53. The molecule has 0 aliphatic heterocycles. The number of carbonyl (C=O) groups excluding carboxylic acids is 2. The van der Waals surface area contributed by atoms with Crippen LogP contribution in [-0.2, 0) is 4.79 Å². The van der Waals surface area contributed by atoms with Gasteiger partial charge in [-0.2, -0.15) is 0 Å². The molecule has 0 aliphatic carbocycles. The van der Waals surface area contributed by atoms with Crippen LogP contribution in [0.4, 0.5) is 10.8 Å². The number of ether oxygens (including phenoxy) is 1. The van der Waals surface area contributed by atoms with E-state index in [9.17, 15) is 9.59 Å². The Kier molecular flexibility index (Phi) is 5.18. The zero-order valence-corrected chi connectivity index (χ0v) is 15.6. The summed E-state index contributed by atoms with van der Waals surface area (Å²) in [7, 11) is 0. The van der Waals surface area contributed by atoms with Crippen LogP contribution in [0.1, 0.15) is 29.8 Å². The van der Waals surface area contributed by atoms with Gasteiger partial charge in [-0.05, 0) is 55.8 Å². The van der Waals surface area contributed by atoms with E-state index in [0.29, 0.717) is 23.0 Å². The van der Waals surface area contributed by atoms with Gasteiger partial charge < -0.3 is 15.4 Å². The number of benzene rings is 2. The van der Waals surface area contributed by atoms with Crippen LogP contribution in [0.3, 0.4) is 0 Å². The summed E-state index contributed by atoms with van der Waals surface area (Å²) >= 11 is 1.37. The molecule has 0 saturated carbocycles. The Balaban J connectivity index is 1.81. The van der Waals surface area contributed by atoms with E-state index in [0.717, 1.165) is 21.5 Å². The lowest BCUT2D eigenvalue weighted by molar-refractivity contribution is -0.114. The van der Waals surface area contributed by atoms with Gasteiger partial charge in [-0.3, -0.25) is 9.59 Å². The molecule has 0 aliphatic rings. The van der Waals surface area contributed by atoms with Crippen molar-refractivity contribution >= 4 is 44.2 Å². The highest BCUT2D eigenvalue weighted by atomic mass is 32.1. The predicted molar refractivity (Wildman–Crippen MR) is 104 cm³/mol. The second-order valence-corrected chi connectivity index (χ2v) is 6.78. The number of hydrogen-bond donors (Lipinski definition) is 2. The summed E-state index contributed by atoms with van der Waals surface area (Å²) in [5.74, 6) is 0.376. The van der Waals surface area contributed by atoms with Crippen molar-refractivity contribution in [1.82, 2.24) is 4.98 Å².